The number of rotatable bonds is 8. The number of carbonyl (C=O) groups excluding carboxylic acids is 1. The molecular weight excluding hydrogens is 188 g/mol. The molecule has 2 heteroatoms. The Hall–Kier alpha value is -0.530. The van der Waals surface area contributed by atoms with E-state index in [2.05, 4.69) is 20.8 Å². The van der Waals surface area contributed by atoms with Gasteiger partial charge in [0.2, 0.25) is 0 Å². The molecule has 0 aromatic heterocycles. The van der Waals surface area contributed by atoms with Crippen LogP contribution in [0.3, 0.4) is 0 Å². The van der Waals surface area contributed by atoms with Crippen molar-refractivity contribution < 1.29 is 9.53 Å². The van der Waals surface area contributed by atoms with E-state index in [-0.39, 0.29) is 11.6 Å². The summed E-state index contributed by atoms with van der Waals surface area (Å²) in [6, 6.07) is 0. The monoisotopic (exact) mass is 213 g/mol. The van der Waals surface area contributed by atoms with Crippen molar-refractivity contribution in [1.29, 1.82) is 0 Å². The van der Waals surface area contributed by atoms with Gasteiger partial charge in [0.05, 0.1) is 6.42 Å². The van der Waals surface area contributed by atoms with Gasteiger partial charge in [0.15, 0.2) is 0 Å². The van der Waals surface area contributed by atoms with Crippen LogP contribution >= 0.6 is 0 Å². The lowest BCUT2D eigenvalue weighted by atomic mass is 9.90. The molecule has 0 saturated heterocycles. The molecule has 15 heavy (non-hydrogen) atoms. The Balaban J connectivity index is 4.23. The Kier molecular flexibility index (Phi) is 7.45. The molecule has 0 spiro atoms. The lowest BCUT2D eigenvalue weighted by molar-refractivity contribution is -0.157. The Bertz CT molecular complexity index is 171. The van der Waals surface area contributed by atoms with Gasteiger partial charge in [-0.05, 0) is 25.7 Å². The van der Waals surface area contributed by atoms with E-state index in [9.17, 15) is 4.79 Å². The molecular formula is C13H25O2. The summed E-state index contributed by atoms with van der Waals surface area (Å²) in [5.74, 6) is -0.185. The largest absolute Gasteiger partial charge is 0.459 e. The third-order valence-corrected chi connectivity index (χ3v) is 3.08. The van der Waals surface area contributed by atoms with Crippen LogP contribution in [0.15, 0.2) is 0 Å². The predicted octanol–water partition coefficient (Wildman–Crippen LogP) is 3.89. The van der Waals surface area contributed by atoms with Crippen LogP contribution in [-0.2, 0) is 9.53 Å². The highest BCUT2D eigenvalue weighted by Crippen LogP contribution is 2.27. The molecule has 0 bridgehead atoms. The van der Waals surface area contributed by atoms with Gasteiger partial charge in [-0.15, -0.1) is 0 Å². The number of hydrogen-bond donors (Lipinski definition) is 0. The highest BCUT2D eigenvalue weighted by molar-refractivity contribution is 5.78. The lowest BCUT2D eigenvalue weighted by Crippen LogP contribution is -2.33. The molecule has 0 saturated carbocycles. The highest BCUT2D eigenvalue weighted by Gasteiger charge is 2.29. The first-order valence-corrected chi connectivity index (χ1v) is 6.16. The summed E-state index contributed by atoms with van der Waals surface area (Å²) in [6.45, 7) is 8.10. The molecule has 0 atom stereocenters. The van der Waals surface area contributed by atoms with Crippen molar-refractivity contribution in [2.24, 2.45) is 0 Å². The van der Waals surface area contributed by atoms with Gasteiger partial charge in [-0.1, -0.05) is 40.5 Å². The summed E-state index contributed by atoms with van der Waals surface area (Å²) < 4.78 is 5.54. The first kappa shape index (κ1) is 14.5. The molecule has 0 heterocycles. The van der Waals surface area contributed by atoms with E-state index in [1.807, 2.05) is 0 Å². The van der Waals surface area contributed by atoms with Gasteiger partial charge in [0.25, 0.3) is 0 Å². The molecule has 0 aromatic rings. The van der Waals surface area contributed by atoms with Crippen molar-refractivity contribution in [3.05, 3.63) is 6.42 Å². The van der Waals surface area contributed by atoms with Crippen molar-refractivity contribution in [3.8, 4) is 0 Å². The van der Waals surface area contributed by atoms with Gasteiger partial charge in [-0.3, -0.25) is 4.79 Å². The molecule has 0 aliphatic heterocycles. The topological polar surface area (TPSA) is 26.3 Å². The maximum Gasteiger partial charge on any atom is 0.310 e. The standard InChI is InChI=1S/C13H25O2/c1-5-9-10-11-13(7-3,8-4)15-12(14)6-2/h6H,5,7-11H2,1-4H3. The normalized spacial score (nSPS) is 11.5. The summed E-state index contributed by atoms with van der Waals surface area (Å²) in [6.07, 6.45) is 7.88. The fourth-order valence-corrected chi connectivity index (χ4v) is 1.77. The van der Waals surface area contributed by atoms with E-state index >= 15 is 0 Å². The smallest absolute Gasteiger partial charge is 0.310 e. The van der Waals surface area contributed by atoms with Crippen LogP contribution in [0.25, 0.3) is 0 Å². The lowest BCUT2D eigenvalue weighted by Gasteiger charge is -2.31. The van der Waals surface area contributed by atoms with E-state index in [1.54, 1.807) is 6.92 Å². The molecule has 0 aliphatic carbocycles. The first-order chi connectivity index (χ1) is 7.14. The second-order valence-electron chi connectivity index (χ2n) is 4.06. The van der Waals surface area contributed by atoms with Crippen molar-refractivity contribution in [3.63, 3.8) is 0 Å². The van der Waals surface area contributed by atoms with Crippen molar-refractivity contribution in [2.45, 2.75) is 71.8 Å². The molecule has 89 valence electrons. The molecule has 0 amide bonds. The van der Waals surface area contributed by atoms with E-state index in [1.165, 1.54) is 19.3 Å². The van der Waals surface area contributed by atoms with Gasteiger partial charge in [0, 0.05) is 0 Å². The van der Waals surface area contributed by atoms with Crippen molar-refractivity contribution >= 4 is 5.97 Å². The van der Waals surface area contributed by atoms with Crippen LogP contribution in [0.4, 0.5) is 0 Å². The fraction of sp³-hybridized carbons (Fsp3) is 0.846. The van der Waals surface area contributed by atoms with Crippen molar-refractivity contribution in [1.82, 2.24) is 0 Å². The molecule has 2 nitrogen and oxygen atoms in total. The van der Waals surface area contributed by atoms with Crippen LogP contribution in [0.1, 0.15) is 66.2 Å². The SMILES string of the molecule is C[CH]C(=O)OC(CC)(CC)CCCCC. The van der Waals surface area contributed by atoms with Crippen LogP contribution < -0.4 is 0 Å². The number of hydrogen-bond acceptors (Lipinski definition) is 2. The van der Waals surface area contributed by atoms with Gasteiger partial charge < -0.3 is 4.74 Å². The summed E-state index contributed by atoms with van der Waals surface area (Å²) in [5.41, 5.74) is -0.223. The average Bonchev–Trinajstić information content (AvgIpc) is 2.27. The van der Waals surface area contributed by atoms with Crippen LogP contribution in [-0.4, -0.2) is 11.6 Å². The third kappa shape index (κ3) is 5.19. The zero-order valence-electron chi connectivity index (χ0n) is 10.6. The minimum atomic E-state index is -0.223. The zero-order chi connectivity index (χ0) is 11.7. The summed E-state index contributed by atoms with van der Waals surface area (Å²) in [5, 5.41) is 0. The van der Waals surface area contributed by atoms with Gasteiger partial charge in [0.1, 0.15) is 5.60 Å². The number of esters is 1. The number of ether oxygens (including phenoxy) is 1. The molecule has 0 aliphatic rings. The highest BCUT2D eigenvalue weighted by atomic mass is 16.6. The summed E-state index contributed by atoms with van der Waals surface area (Å²) in [4.78, 5) is 11.3. The van der Waals surface area contributed by atoms with Crippen LogP contribution in [0.2, 0.25) is 0 Å². The van der Waals surface area contributed by atoms with Gasteiger partial charge >= 0.3 is 5.97 Å². The summed E-state index contributed by atoms with van der Waals surface area (Å²) >= 11 is 0. The quantitative estimate of drug-likeness (QED) is 0.451. The fourth-order valence-electron chi connectivity index (χ4n) is 1.77. The Morgan fingerprint density at radius 2 is 1.80 bits per heavy atom. The zero-order valence-corrected chi connectivity index (χ0v) is 10.6. The van der Waals surface area contributed by atoms with Crippen LogP contribution in [0, 0.1) is 6.42 Å². The van der Waals surface area contributed by atoms with Gasteiger partial charge in [-0.2, -0.15) is 0 Å². The molecule has 0 aromatic carbocycles. The maximum atomic E-state index is 11.3. The van der Waals surface area contributed by atoms with E-state index < -0.39 is 0 Å². The Labute approximate surface area is 94.4 Å². The van der Waals surface area contributed by atoms with Crippen LogP contribution in [0.5, 0.6) is 0 Å². The van der Waals surface area contributed by atoms with Crippen molar-refractivity contribution in [2.75, 3.05) is 0 Å². The maximum absolute atomic E-state index is 11.3. The average molecular weight is 213 g/mol. The molecule has 0 N–H and O–H groups in total. The molecule has 0 rings (SSSR count). The van der Waals surface area contributed by atoms with E-state index in [4.69, 9.17) is 4.74 Å². The second-order valence-corrected chi connectivity index (χ2v) is 4.06. The first-order valence-electron chi connectivity index (χ1n) is 6.16. The molecule has 1 radical (unpaired) electrons. The Morgan fingerprint density at radius 3 is 2.20 bits per heavy atom. The second kappa shape index (κ2) is 7.72. The third-order valence-electron chi connectivity index (χ3n) is 3.08. The van der Waals surface area contributed by atoms with E-state index in [0.717, 1.165) is 25.7 Å². The molecule has 0 fully saturated rings. The minimum Gasteiger partial charge on any atom is -0.459 e. The Morgan fingerprint density at radius 1 is 1.20 bits per heavy atom. The molecule has 0 unspecified atom stereocenters. The minimum absolute atomic E-state index is 0.185. The van der Waals surface area contributed by atoms with E-state index in [0.29, 0.717) is 0 Å². The number of carbonyl (C=O) groups is 1. The summed E-state index contributed by atoms with van der Waals surface area (Å²) in [7, 11) is 0. The number of unbranched alkanes of at least 4 members (excludes halogenated alkanes) is 2. The predicted molar refractivity (Wildman–Crippen MR) is 63.5 cm³/mol. The van der Waals surface area contributed by atoms with Gasteiger partial charge in [-0.25, -0.2) is 0 Å².